The lowest BCUT2D eigenvalue weighted by molar-refractivity contribution is -0.137. The summed E-state index contributed by atoms with van der Waals surface area (Å²) < 4.78 is 54.4. The molecule has 2 aliphatic rings. The van der Waals surface area contributed by atoms with E-state index in [4.69, 9.17) is 19.7 Å². The Morgan fingerprint density at radius 3 is 2.52 bits per heavy atom. The van der Waals surface area contributed by atoms with E-state index in [2.05, 4.69) is 5.16 Å². The number of alkyl halides is 3. The number of nitrogens with zero attached hydrogens (tertiary/aromatic N) is 2. The van der Waals surface area contributed by atoms with E-state index >= 15 is 0 Å². The van der Waals surface area contributed by atoms with Gasteiger partial charge in [-0.15, -0.1) is 0 Å². The number of likely N-dealkylation sites (tertiary alicyclic amines) is 1. The van der Waals surface area contributed by atoms with Gasteiger partial charge in [-0.2, -0.15) is 13.2 Å². The third-order valence-corrected chi connectivity index (χ3v) is 5.58. The van der Waals surface area contributed by atoms with E-state index in [0.717, 1.165) is 12.1 Å². The summed E-state index contributed by atoms with van der Waals surface area (Å²) in [5, 5.41) is 3.47. The molecule has 0 unspecified atom stereocenters. The third-order valence-electron chi connectivity index (χ3n) is 5.58. The molecule has 11 heteroatoms. The first-order valence-electron chi connectivity index (χ1n) is 9.70. The molecule has 1 aromatic heterocycles. The van der Waals surface area contributed by atoms with E-state index in [-0.39, 0.29) is 41.8 Å². The fourth-order valence-electron chi connectivity index (χ4n) is 4.15. The number of amides is 2. The highest BCUT2D eigenvalue weighted by atomic mass is 19.4. The number of aromatic nitrogens is 1. The van der Waals surface area contributed by atoms with Gasteiger partial charge in [0.25, 0.3) is 5.91 Å². The number of carbonyl (C=O) groups is 2. The predicted molar refractivity (Wildman–Crippen MR) is 98.9 cm³/mol. The van der Waals surface area contributed by atoms with Crippen LogP contribution in [-0.4, -0.2) is 41.3 Å². The summed E-state index contributed by atoms with van der Waals surface area (Å²) in [7, 11) is 0. The molecule has 2 fully saturated rings. The average Bonchev–Trinajstić information content (AvgIpc) is 3.40. The van der Waals surface area contributed by atoms with Crippen molar-refractivity contribution in [3.63, 3.8) is 0 Å². The molecule has 1 aromatic carbocycles. The van der Waals surface area contributed by atoms with Gasteiger partial charge in [-0.25, -0.2) is 4.79 Å². The zero-order valence-electron chi connectivity index (χ0n) is 16.3. The fraction of sp³-hybridized carbons (Fsp3) is 0.450. The zero-order chi connectivity index (χ0) is 22.2. The molecule has 31 heavy (non-hydrogen) atoms. The molecular weight excluding hydrogens is 419 g/mol. The van der Waals surface area contributed by atoms with Gasteiger partial charge in [-0.05, 0) is 42.9 Å². The second kappa shape index (κ2) is 8.12. The molecule has 0 spiro atoms. The number of hydrogen-bond donors (Lipinski definition) is 1. The average molecular weight is 439 g/mol. The molecule has 0 radical (unpaired) electrons. The van der Waals surface area contributed by atoms with Crippen LogP contribution in [0.2, 0.25) is 0 Å². The first-order valence-corrected chi connectivity index (χ1v) is 9.70. The summed E-state index contributed by atoms with van der Waals surface area (Å²) in [4.78, 5) is 24.9. The normalized spacial score (nSPS) is 22.9. The van der Waals surface area contributed by atoms with Gasteiger partial charge in [0.15, 0.2) is 18.1 Å². The van der Waals surface area contributed by atoms with Crippen LogP contribution < -0.4 is 10.5 Å². The van der Waals surface area contributed by atoms with Crippen molar-refractivity contribution >= 4 is 12.0 Å². The van der Waals surface area contributed by atoms with Gasteiger partial charge in [0, 0.05) is 19.2 Å². The van der Waals surface area contributed by atoms with Crippen LogP contribution in [0.25, 0.3) is 0 Å². The van der Waals surface area contributed by atoms with Crippen LogP contribution in [0.5, 0.6) is 5.75 Å². The molecule has 1 aliphatic heterocycles. The van der Waals surface area contributed by atoms with Crippen molar-refractivity contribution in [2.75, 3.05) is 13.1 Å². The Morgan fingerprint density at radius 2 is 1.90 bits per heavy atom. The molecule has 0 bridgehead atoms. The maximum atomic E-state index is 12.9. The number of carbonyl (C=O) groups excluding carboxylic acids is 2. The Bertz CT molecular complexity index is 963. The molecule has 2 N–H and O–H groups in total. The molecule has 2 aromatic rings. The van der Waals surface area contributed by atoms with Crippen LogP contribution in [0.1, 0.15) is 34.7 Å². The Labute approximate surface area is 175 Å². The Hall–Kier alpha value is -3.24. The molecule has 1 saturated heterocycles. The van der Waals surface area contributed by atoms with Crippen LogP contribution in [0.4, 0.5) is 18.0 Å². The largest absolute Gasteiger partial charge is 0.490 e. The second-order valence-electron chi connectivity index (χ2n) is 7.76. The number of halogens is 3. The minimum atomic E-state index is -4.42. The maximum absolute atomic E-state index is 12.9. The predicted octanol–water partition coefficient (Wildman–Crippen LogP) is 3.22. The third kappa shape index (κ3) is 4.75. The van der Waals surface area contributed by atoms with Crippen molar-refractivity contribution in [3.8, 4) is 5.75 Å². The number of primary amides is 1. The van der Waals surface area contributed by atoms with Crippen molar-refractivity contribution < 1.29 is 36.8 Å². The maximum Gasteiger partial charge on any atom is 0.416 e. The molecule has 1 aliphatic carbocycles. The lowest BCUT2D eigenvalue weighted by Gasteiger charge is -2.20. The highest BCUT2D eigenvalue weighted by Gasteiger charge is 2.44. The minimum Gasteiger partial charge on any atom is -0.490 e. The van der Waals surface area contributed by atoms with Crippen molar-refractivity contribution in [1.82, 2.24) is 10.1 Å². The Morgan fingerprint density at radius 1 is 1.19 bits per heavy atom. The highest BCUT2D eigenvalue weighted by molar-refractivity contribution is 5.90. The standard InChI is InChI=1S/C20H20F3N3O5/c21-20(22,23)13-2-1-3-14(6-13)30-15-4-11-8-26(9-12(11)5-15)19(28)29-10-16-7-17(18(24)27)25-31-16/h1-3,6-7,11-12,15H,4-5,8-10H2,(H2,24,27)/t11-,12+,15-. The molecule has 166 valence electrons. The Balaban J connectivity index is 1.26. The summed E-state index contributed by atoms with van der Waals surface area (Å²) in [5.41, 5.74) is 4.29. The van der Waals surface area contributed by atoms with Crippen molar-refractivity contribution in [3.05, 3.63) is 47.3 Å². The van der Waals surface area contributed by atoms with Crippen molar-refractivity contribution in [2.45, 2.75) is 31.7 Å². The van der Waals surface area contributed by atoms with Crippen LogP contribution in [-0.2, 0) is 17.5 Å². The monoisotopic (exact) mass is 439 g/mol. The number of hydrogen-bond acceptors (Lipinski definition) is 6. The van der Waals surface area contributed by atoms with E-state index < -0.39 is 23.7 Å². The molecule has 2 heterocycles. The quantitative estimate of drug-likeness (QED) is 0.767. The smallest absolute Gasteiger partial charge is 0.416 e. The minimum absolute atomic E-state index is 0.0476. The van der Waals surface area contributed by atoms with E-state index in [1.54, 1.807) is 4.90 Å². The van der Waals surface area contributed by atoms with Gasteiger partial charge in [0.1, 0.15) is 5.75 Å². The number of benzene rings is 1. The first kappa shape index (κ1) is 21.0. The number of fused-ring (bicyclic) bond motifs is 1. The summed E-state index contributed by atoms with van der Waals surface area (Å²) in [6.45, 7) is 0.788. The summed E-state index contributed by atoms with van der Waals surface area (Å²) in [5.74, 6) is 0.0373. The molecular formula is C20H20F3N3O5. The van der Waals surface area contributed by atoms with Crippen LogP contribution in [0.15, 0.2) is 34.9 Å². The van der Waals surface area contributed by atoms with Crippen LogP contribution in [0, 0.1) is 11.8 Å². The van der Waals surface area contributed by atoms with Crippen molar-refractivity contribution in [2.24, 2.45) is 17.6 Å². The molecule has 3 atom stereocenters. The lowest BCUT2D eigenvalue weighted by Crippen LogP contribution is -2.31. The van der Waals surface area contributed by atoms with Crippen LogP contribution >= 0.6 is 0 Å². The van der Waals surface area contributed by atoms with Crippen molar-refractivity contribution in [1.29, 1.82) is 0 Å². The second-order valence-corrected chi connectivity index (χ2v) is 7.76. The number of rotatable bonds is 5. The summed E-state index contributed by atoms with van der Waals surface area (Å²) >= 11 is 0. The van der Waals surface area contributed by atoms with E-state index in [0.29, 0.717) is 25.9 Å². The SMILES string of the molecule is NC(=O)c1cc(COC(=O)N2C[C@H]3C[C@@H](Oc4cccc(C(F)(F)F)c4)C[C@H]3C2)on1. The highest BCUT2D eigenvalue weighted by Crippen LogP contribution is 2.40. The number of nitrogens with two attached hydrogens (primary N) is 1. The molecule has 8 nitrogen and oxygen atoms in total. The molecule has 1 saturated carbocycles. The lowest BCUT2D eigenvalue weighted by atomic mass is 10.0. The van der Waals surface area contributed by atoms with Crippen LogP contribution in [0.3, 0.4) is 0 Å². The van der Waals surface area contributed by atoms with Gasteiger partial charge >= 0.3 is 12.3 Å². The number of ether oxygens (including phenoxy) is 2. The first-order chi connectivity index (χ1) is 14.7. The molecule has 2 amide bonds. The summed E-state index contributed by atoms with van der Waals surface area (Å²) in [6.07, 6.45) is -3.83. The zero-order valence-corrected chi connectivity index (χ0v) is 16.3. The van der Waals surface area contributed by atoms with E-state index in [1.165, 1.54) is 18.2 Å². The molecule has 4 rings (SSSR count). The van der Waals surface area contributed by atoms with E-state index in [1.807, 2.05) is 0 Å². The van der Waals surface area contributed by atoms with E-state index in [9.17, 15) is 22.8 Å². The summed E-state index contributed by atoms with van der Waals surface area (Å²) in [6, 6.07) is 6.16. The topological polar surface area (TPSA) is 108 Å². The van der Waals surface area contributed by atoms with Gasteiger partial charge in [-0.3, -0.25) is 4.79 Å². The van der Waals surface area contributed by atoms with Gasteiger partial charge in [-0.1, -0.05) is 11.2 Å². The van der Waals surface area contributed by atoms with Gasteiger partial charge in [0.2, 0.25) is 0 Å². The Kier molecular flexibility index (Phi) is 5.50. The fourth-order valence-corrected chi connectivity index (χ4v) is 4.15. The van der Waals surface area contributed by atoms with Gasteiger partial charge in [0.05, 0.1) is 11.7 Å². The van der Waals surface area contributed by atoms with Gasteiger partial charge < -0.3 is 24.6 Å².